The predicted octanol–water partition coefficient (Wildman–Crippen LogP) is 5.90. The normalized spacial score (nSPS) is 11.5. The minimum atomic E-state index is -0.713. The van der Waals surface area contributed by atoms with Crippen LogP contribution in [0.1, 0.15) is 27.6 Å². The number of nitrogens with one attached hydrogen (secondary N) is 1. The van der Waals surface area contributed by atoms with Crippen molar-refractivity contribution in [2.45, 2.75) is 13.0 Å². The highest BCUT2D eigenvalue weighted by Gasteiger charge is 2.18. The van der Waals surface area contributed by atoms with Crippen LogP contribution in [0, 0.1) is 0 Å². The molecular formula is C23H19Cl2NO4. The van der Waals surface area contributed by atoms with Crippen molar-refractivity contribution in [1.29, 1.82) is 0 Å². The third kappa shape index (κ3) is 5.32. The van der Waals surface area contributed by atoms with Crippen molar-refractivity contribution in [1.82, 2.24) is 0 Å². The van der Waals surface area contributed by atoms with Crippen LogP contribution in [-0.2, 0) is 0 Å². The van der Waals surface area contributed by atoms with Crippen molar-refractivity contribution in [2.24, 2.45) is 0 Å². The van der Waals surface area contributed by atoms with Gasteiger partial charge in [-0.1, -0.05) is 29.3 Å². The topological polar surface area (TPSA) is 64.6 Å². The zero-order valence-corrected chi connectivity index (χ0v) is 17.8. The zero-order chi connectivity index (χ0) is 21.7. The Hall–Kier alpha value is -3.02. The quantitative estimate of drug-likeness (QED) is 0.461. The first-order valence-electron chi connectivity index (χ1n) is 9.09. The minimum absolute atomic E-state index is 0.167. The zero-order valence-electron chi connectivity index (χ0n) is 16.3. The molecule has 0 aromatic heterocycles. The number of amides is 1. The fourth-order valence-electron chi connectivity index (χ4n) is 2.77. The molecule has 1 unspecified atom stereocenters. The number of carbonyl (C=O) groups excluding carboxylic acids is 2. The van der Waals surface area contributed by atoms with Gasteiger partial charge >= 0.3 is 0 Å². The summed E-state index contributed by atoms with van der Waals surface area (Å²) in [7, 11) is 1.56. The van der Waals surface area contributed by atoms with E-state index in [1.807, 2.05) is 0 Å². The lowest BCUT2D eigenvalue weighted by atomic mass is 10.1. The Kier molecular flexibility index (Phi) is 6.98. The summed E-state index contributed by atoms with van der Waals surface area (Å²) in [6.07, 6.45) is -0.713. The molecule has 30 heavy (non-hydrogen) atoms. The fraction of sp³-hybridized carbons (Fsp3) is 0.130. The van der Waals surface area contributed by atoms with Crippen molar-refractivity contribution in [3.05, 3.63) is 87.9 Å². The first-order chi connectivity index (χ1) is 14.4. The fourth-order valence-corrected chi connectivity index (χ4v) is 3.26. The summed E-state index contributed by atoms with van der Waals surface area (Å²) in [4.78, 5) is 25.1. The van der Waals surface area contributed by atoms with E-state index in [0.29, 0.717) is 33.3 Å². The summed E-state index contributed by atoms with van der Waals surface area (Å²) in [5.74, 6) is 0.574. The number of hydrogen-bond acceptors (Lipinski definition) is 4. The molecule has 7 heteroatoms. The van der Waals surface area contributed by atoms with Gasteiger partial charge < -0.3 is 14.8 Å². The SMILES string of the molecule is COc1ccc(C(=O)C(C)Oc2cccc(NC(=O)c3ccc(Cl)cc3Cl)c2)cc1. The van der Waals surface area contributed by atoms with Gasteiger partial charge in [0, 0.05) is 22.3 Å². The molecule has 1 atom stereocenters. The molecule has 0 radical (unpaired) electrons. The van der Waals surface area contributed by atoms with Gasteiger partial charge in [-0.05, 0) is 61.5 Å². The smallest absolute Gasteiger partial charge is 0.257 e. The molecule has 0 aliphatic heterocycles. The maximum atomic E-state index is 12.6. The van der Waals surface area contributed by atoms with Gasteiger partial charge in [-0.25, -0.2) is 0 Å². The third-order valence-corrected chi connectivity index (χ3v) is 4.87. The Morgan fingerprint density at radius 1 is 0.933 bits per heavy atom. The number of rotatable bonds is 7. The number of anilines is 1. The summed E-state index contributed by atoms with van der Waals surface area (Å²) in [6.45, 7) is 1.67. The summed E-state index contributed by atoms with van der Waals surface area (Å²) in [5.41, 5.74) is 1.33. The van der Waals surface area contributed by atoms with Gasteiger partial charge in [-0.15, -0.1) is 0 Å². The molecule has 0 spiro atoms. The predicted molar refractivity (Wildman–Crippen MR) is 118 cm³/mol. The van der Waals surface area contributed by atoms with Crippen LogP contribution in [0.15, 0.2) is 66.7 Å². The molecule has 1 N–H and O–H groups in total. The number of hydrogen-bond donors (Lipinski definition) is 1. The van der Waals surface area contributed by atoms with Gasteiger partial charge in [-0.2, -0.15) is 0 Å². The molecule has 3 aromatic carbocycles. The maximum absolute atomic E-state index is 12.6. The van der Waals surface area contributed by atoms with Gasteiger partial charge in [0.2, 0.25) is 5.78 Å². The molecular weight excluding hydrogens is 425 g/mol. The minimum Gasteiger partial charge on any atom is -0.497 e. The van der Waals surface area contributed by atoms with Crippen LogP contribution in [0.4, 0.5) is 5.69 Å². The van der Waals surface area contributed by atoms with Gasteiger partial charge in [0.05, 0.1) is 17.7 Å². The molecule has 3 aromatic rings. The van der Waals surface area contributed by atoms with Gasteiger partial charge in [-0.3, -0.25) is 9.59 Å². The van der Waals surface area contributed by atoms with E-state index in [9.17, 15) is 9.59 Å². The van der Waals surface area contributed by atoms with E-state index in [2.05, 4.69) is 5.32 Å². The van der Waals surface area contributed by atoms with Crippen molar-refractivity contribution >= 4 is 40.6 Å². The van der Waals surface area contributed by atoms with Crippen molar-refractivity contribution in [3.63, 3.8) is 0 Å². The Morgan fingerprint density at radius 3 is 2.33 bits per heavy atom. The first-order valence-corrected chi connectivity index (χ1v) is 9.84. The van der Waals surface area contributed by atoms with Crippen molar-refractivity contribution in [3.8, 4) is 11.5 Å². The summed E-state index contributed by atoms with van der Waals surface area (Å²) >= 11 is 12.0. The molecule has 0 aliphatic rings. The molecule has 154 valence electrons. The van der Waals surface area contributed by atoms with Crippen LogP contribution in [0.3, 0.4) is 0 Å². The number of benzene rings is 3. The maximum Gasteiger partial charge on any atom is 0.257 e. The van der Waals surface area contributed by atoms with E-state index in [1.54, 1.807) is 74.7 Å². The van der Waals surface area contributed by atoms with E-state index >= 15 is 0 Å². The van der Waals surface area contributed by atoms with Gasteiger partial charge in [0.1, 0.15) is 11.5 Å². The average molecular weight is 444 g/mol. The lowest BCUT2D eigenvalue weighted by Gasteiger charge is -2.15. The Balaban J connectivity index is 1.68. The van der Waals surface area contributed by atoms with Gasteiger partial charge in [0.15, 0.2) is 6.10 Å². The summed E-state index contributed by atoms with van der Waals surface area (Å²) in [6, 6.07) is 18.2. The molecule has 0 fully saturated rings. The second-order valence-corrected chi connectivity index (χ2v) is 7.30. The van der Waals surface area contributed by atoms with Crippen molar-refractivity contribution < 1.29 is 19.1 Å². The van der Waals surface area contributed by atoms with E-state index in [1.165, 1.54) is 6.07 Å². The van der Waals surface area contributed by atoms with Crippen LogP contribution in [0.2, 0.25) is 10.0 Å². The lowest BCUT2D eigenvalue weighted by Crippen LogP contribution is -2.24. The number of ketones is 1. The Morgan fingerprint density at radius 2 is 1.67 bits per heavy atom. The Bertz CT molecular complexity index is 1070. The van der Waals surface area contributed by atoms with Crippen molar-refractivity contribution in [2.75, 3.05) is 12.4 Å². The molecule has 0 heterocycles. The third-order valence-electron chi connectivity index (χ3n) is 4.32. The highest BCUT2D eigenvalue weighted by atomic mass is 35.5. The number of methoxy groups -OCH3 is 1. The summed E-state index contributed by atoms with van der Waals surface area (Å²) < 4.78 is 10.9. The standard InChI is InChI=1S/C23H19Cl2NO4/c1-14(22(27)15-6-9-18(29-2)10-7-15)30-19-5-3-4-17(13-19)26-23(28)20-11-8-16(24)12-21(20)25/h3-14H,1-2H3,(H,26,28). The highest BCUT2D eigenvalue weighted by Crippen LogP contribution is 2.24. The van der Waals surface area contributed by atoms with E-state index in [-0.39, 0.29) is 16.7 Å². The number of Topliss-reactive ketones (excluding diaryl/α,β-unsaturated/α-hetero) is 1. The van der Waals surface area contributed by atoms with E-state index < -0.39 is 6.10 Å². The lowest BCUT2D eigenvalue weighted by molar-refractivity contribution is 0.0818. The van der Waals surface area contributed by atoms with Crippen LogP contribution in [-0.4, -0.2) is 24.9 Å². The average Bonchev–Trinajstić information content (AvgIpc) is 2.73. The number of halogens is 2. The van der Waals surface area contributed by atoms with Crippen LogP contribution >= 0.6 is 23.2 Å². The molecule has 0 bridgehead atoms. The summed E-state index contributed by atoms with van der Waals surface area (Å²) in [5, 5.41) is 3.46. The largest absolute Gasteiger partial charge is 0.497 e. The monoisotopic (exact) mass is 443 g/mol. The first kappa shape index (κ1) is 21.7. The Labute approximate surface area is 184 Å². The molecule has 3 rings (SSSR count). The second-order valence-electron chi connectivity index (χ2n) is 6.46. The molecule has 5 nitrogen and oxygen atoms in total. The highest BCUT2D eigenvalue weighted by molar-refractivity contribution is 6.37. The van der Waals surface area contributed by atoms with E-state index in [4.69, 9.17) is 32.7 Å². The van der Waals surface area contributed by atoms with Crippen LogP contribution in [0.5, 0.6) is 11.5 Å². The number of carbonyl (C=O) groups is 2. The molecule has 1 amide bonds. The van der Waals surface area contributed by atoms with E-state index in [0.717, 1.165) is 0 Å². The van der Waals surface area contributed by atoms with Crippen LogP contribution < -0.4 is 14.8 Å². The van der Waals surface area contributed by atoms with Crippen LogP contribution in [0.25, 0.3) is 0 Å². The van der Waals surface area contributed by atoms with Gasteiger partial charge in [0.25, 0.3) is 5.91 Å². The molecule has 0 aliphatic carbocycles. The number of ether oxygens (including phenoxy) is 2. The molecule has 0 saturated heterocycles. The molecule has 0 saturated carbocycles. The second kappa shape index (κ2) is 9.65.